The average molecular weight is 222 g/mol. The summed E-state index contributed by atoms with van der Waals surface area (Å²) >= 11 is 0. The monoisotopic (exact) mass is 222 g/mol. The van der Waals surface area contributed by atoms with Crippen LogP contribution in [0, 0.1) is 0 Å². The second-order valence-electron chi connectivity index (χ2n) is 5.19. The van der Waals surface area contributed by atoms with Crippen molar-refractivity contribution in [3.8, 4) is 0 Å². The van der Waals surface area contributed by atoms with Gasteiger partial charge in [-0.15, -0.1) is 0 Å². The Labute approximate surface area is 97.6 Å². The second-order valence-corrected chi connectivity index (χ2v) is 5.19. The van der Waals surface area contributed by atoms with Gasteiger partial charge in [0.15, 0.2) is 0 Å². The van der Waals surface area contributed by atoms with E-state index in [0.717, 1.165) is 11.7 Å². The Morgan fingerprint density at radius 2 is 2.06 bits per heavy atom. The highest BCUT2D eigenvalue weighted by molar-refractivity contribution is 5.11. The number of hydrogen-bond donors (Lipinski definition) is 1. The third kappa shape index (κ3) is 2.14. The van der Waals surface area contributed by atoms with E-state index in [1.807, 2.05) is 13.2 Å². The predicted molar refractivity (Wildman–Crippen MR) is 64.4 cm³/mol. The molecule has 1 aliphatic carbocycles. The predicted octanol–water partition coefficient (Wildman–Crippen LogP) is 3.18. The van der Waals surface area contributed by atoms with Gasteiger partial charge in [-0.2, -0.15) is 0 Å². The molecule has 1 atom stereocenters. The zero-order chi connectivity index (χ0) is 11.6. The van der Waals surface area contributed by atoms with Crippen LogP contribution in [0.2, 0.25) is 0 Å². The largest absolute Gasteiger partial charge is 0.443 e. The molecule has 1 aromatic heterocycles. The molecule has 1 unspecified atom stereocenters. The van der Waals surface area contributed by atoms with Gasteiger partial charge in [0.05, 0.1) is 12.2 Å². The van der Waals surface area contributed by atoms with Gasteiger partial charge in [0, 0.05) is 5.41 Å². The zero-order valence-corrected chi connectivity index (χ0v) is 10.5. The van der Waals surface area contributed by atoms with Crippen molar-refractivity contribution >= 4 is 0 Å². The van der Waals surface area contributed by atoms with Crippen LogP contribution in [0.1, 0.15) is 63.6 Å². The first-order valence-electron chi connectivity index (χ1n) is 6.29. The lowest BCUT2D eigenvalue weighted by Gasteiger charge is -2.31. The molecule has 1 saturated carbocycles. The van der Waals surface area contributed by atoms with Crippen molar-refractivity contribution < 1.29 is 4.42 Å². The van der Waals surface area contributed by atoms with E-state index in [2.05, 4.69) is 24.1 Å². The van der Waals surface area contributed by atoms with Gasteiger partial charge in [0.1, 0.15) is 5.76 Å². The Bertz CT molecular complexity index is 339. The highest BCUT2D eigenvalue weighted by Crippen LogP contribution is 2.39. The molecule has 0 radical (unpaired) electrons. The normalized spacial score (nSPS) is 21.9. The molecule has 0 spiro atoms. The third-order valence-electron chi connectivity index (χ3n) is 3.88. The molecule has 2 rings (SSSR count). The molecule has 1 aromatic rings. The summed E-state index contributed by atoms with van der Waals surface area (Å²) in [6.07, 6.45) is 8.38. The molecular weight excluding hydrogens is 200 g/mol. The first-order valence-corrected chi connectivity index (χ1v) is 6.29. The maximum Gasteiger partial charge on any atom is 0.211 e. The molecule has 0 bridgehead atoms. The van der Waals surface area contributed by atoms with Crippen LogP contribution in [-0.2, 0) is 5.41 Å². The molecule has 1 heterocycles. The van der Waals surface area contributed by atoms with E-state index < -0.39 is 0 Å². The Morgan fingerprint density at radius 3 is 2.69 bits per heavy atom. The lowest BCUT2D eigenvalue weighted by Crippen LogP contribution is -2.24. The second kappa shape index (κ2) is 4.58. The first-order chi connectivity index (χ1) is 7.65. The van der Waals surface area contributed by atoms with Gasteiger partial charge in [0.2, 0.25) is 5.89 Å². The van der Waals surface area contributed by atoms with E-state index in [4.69, 9.17) is 4.42 Å². The van der Waals surface area contributed by atoms with Crippen molar-refractivity contribution in [3.05, 3.63) is 17.8 Å². The maximum atomic E-state index is 5.91. The lowest BCUT2D eigenvalue weighted by atomic mass is 9.74. The van der Waals surface area contributed by atoms with Crippen molar-refractivity contribution in [2.24, 2.45) is 0 Å². The fourth-order valence-corrected chi connectivity index (χ4v) is 2.47. The summed E-state index contributed by atoms with van der Waals surface area (Å²) in [5, 5.41) is 3.15. The van der Waals surface area contributed by atoms with Gasteiger partial charge in [-0.05, 0) is 26.8 Å². The van der Waals surface area contributed by atoms with Crippen molar-refractivity contribution in [2.75, 3.05) is 7.05 Å². The van der Waals surface area contributed by atoms with Crippen molar-refractivity contribution in [1.29, 1.82) is 0 Å². The molecule has 3 heteroatoms. The molecule has 3 nitrogen and oxygen atoms in total. The fourth-order valence-electron chi connectivity index (χ4n) is 2.47. The van der Waals surface area contributed by atoms with Crippen molar-refractivity contribution in [3.63, 3.8) is 0 Å². The van der Waals surface area contributed by atoms with Gasteiger partial charge in [-0.25, -0.2) is 4.98 Å². The molecule has 0 amide bonds. The molecule has 1 fully saturated rings. The summed E-state index contributed by atoms with van der Waals surface area (Å²) < 4.78 is 5.91. The summed E-state index contributed by atoms with van der Waals surface area (Å²) in [6, 6.07) is 0.195. The van der Waals surface area contributed by atoms with E-state index in [-0.39, 0.29) is 11.5 Å². The van der Waals surface area contributed by atoms with Crippen LogP contribution in [-0.4, -0.2) is 12.0 Å². The quantitative estimate of drug-likeness (QED) is 0.853. The molecule has 0 aliphatic heterocycles. The minimum Gasteiger partial charge on any atom is -0.443 e. The van der Waals surface area contributed by atoms with Gasteiger partial charge in [-0.3, -0.25) is 0 Å². The number of aromatic nitrogens is 1. The standard InChI is InChI=1S/C13H22N2O/c1-10(14-3)12-15-9-11(16-12)13(2)7-5-4-6-8-13/h9-10,14H,4-8H2,1-3H3. The Kier molecular flexibility index (Phi) is 3.33. The van der Waals surface area contributed by atoms with E-state index in [9.17, 15) is 0 Å². The van der Waals surface area contributed by atoms with Crippen molar-refractivity contribution in [1.82, 2.24) is 10.3 Å². The highest BCUT2D eigenvalue weighted by atomic mass is 16.4. The SMILES string of the molecule is CNC(C)c1ncc(C2(C)CCCCC2)o1. The van der Waals surface area contributed by atoms with Crippen molar-refractivity contribution in [2.45, 2.75) is 57.4 Å². The number of rotatable bonds is 3. The fraction of sp³-hybridized carbons (Fsp3) is 0.769. The van der Waals surface area contributed by atoms with Gasteiger partial charge in [0.25, 0.3) is 0 Å². The summed E-state index contributed by atoms with van der Waals surface area (Å²) in [5.74, 6) is 1.88. The van der Waals surface area contributed by atoms with Crippen LogP contribution < -0.4 is 5.32 Å². The summed E-state index contributed by atoms with van der Waals surface area (Å²) in [7, 11) is 1.93. The van der Waals surface area contributed by atoms with Crippen LogP contribution in [0.4, 0.5) is 0 Å². The average Bonchev–Trinajstić information content (AvgIpc) is 2.79. The summed E-state index contributed by atoms with van der Waals surface area (Å²) in [5.41, 5.74) is 0.219. The molecule has 16 heavy (non-hydrogen) atoms. The lowest BCUT2D eigenvalue weighted by molar-refractivity contribution is 0.256. The van der Waals surface area contributed by atoms with E-state index in [0.29, 0.717) is 0 Å². The van der Waals surface area contributed by atoms with Crippen LogP contribution in [0.25, 0.3) is 0 Å². The molecule has 0 saturated heterocycles. The minimum atomic E-state index is 0.195. The van der Waals surface area contributed by atoms with Crippen LogP contribution in [0.5, 0.6) is 0 Å². The zero-order valence-electron chi connectivity index (χ0n) is 10.5. The number of nitrogens with zero attached hydrogens (tertiary/aromatic N) is 1. The Hall–Kier alpha value is -0.830. The smallest absolute Gasteiger partial charge is 0.211 e. The van der Waals surface area contributed by atoms with Gasteiger partial charge in [-0.1, -0.05) is 26.2 Å². The third-order valence-corrected chi connectivity index (χ3v) is 3.88. The summed E-state index contributed by atoms with van der Waals surface area (Å²) in [4.78, 5) is 4.38. The first kappa shape index (κ1) is 11.6. The molecular formula is C13H22N2O. The van der Waals surface area contributed by atoms with Gasteiger partial charge < -0.3 is 9.73 Å². The maximum absolute atomic E-state index is 5.91. The molecule has 0 aromatic carbocycles. The Balaban J connectivity index is 2.17. The number of oxazole rings is 1. The minimum absolute atomic E-state index is 0.195. The number of hydrogen-bond acceptors (Lipinski definition) is 3. The molecule has 1 aliphatic rings. The Morgan fingerprint density at radius 1 is 1.38 bits per heavy atom. The van der Waals surface area contributed by atoms with E-state index in [1.165, 1.54) is 32.1 Å². The number of nitrogens with one attached hydrogen (secondary N) is 1. The van der Waals surface area contributed by atoms with E-state index >= 15 is 0 Å². The van der Waals surface area contributed by atoms with E-state index in [1.54, 1.807) is 0 Å². The molecule has 1 N–H and O–H groups in total. The molecule has 90 valence electrons. The topological polar surface area (TPSA) is 38.1 Å². The highest BCUT2D eigenvalue weighted by Gasteiger charge is 2.32. The van der Waals surface area contributed by atoms with Gasteiger partial charge >= 0.3 is 0 Å². The van der Waals surface area contributed by atoms with Crippen LogP contribution >= 0.6 is 0 Å². The van der Waals surface area contributed by atoms with Crippen LogP contribution in [0.15, 0.2) is 10.6 Å². The van der Waals surface area contributed by atoms with Crippen LogP contribution in [0.3, 0.4) is 0 Å². The summed E-state index contributed by atoms with van der Waals surface area (Å²) in [6.45, 7) is 4.37.